The number of nitrogens with one attached hydrogen (secondary N) is 2. The van der Waals surface area contributed by atoms with Crippen molar-refractivity contribution in [3.05, 3.63) is 0 Å². The van der Waals surface area contributed by atoms with Crippen molar-refractivity contribution in [1.82, 2.24) is 10.6 Å². The zero-order valence-electron chi connectivity index (χ0n) is 23.7. The van der Waals surface area contributed by atoms with E-state index in [-0.39, 0.29) is 26.1 Å². The van der Waals surface area contributed by atoms with Gasteiger partial charge in [-0.1, -0.05) is 0 Å². The van der Waals surface area contributed by atoms with Gasteiger partial charge in [-0.15, -0.1) is 0 Å². The Kier molecular flexibility index (Phi) is 13.5. The third-order valence-electron chi connectivity index (χ3n) is 7.90. The van der Waals surface area contributed by atoms with Gasteiger partial charge in [0.05, 0.1) is 38.3 Å². The monoisotopic (exact) mass is 649 g/mol. The van der Waals surface area contributed by atoms with Gasteiger partial charge in [-0.25, -0.2) is 8.78 Å². The molecular formula is C24H45F2N5O13. The molecule has 20 heteroatoms. The van der Waals surface area contributed by atoms with E-state index < -0.39 is 123 Å². The summed E-state index contributed by atoms with van der Waals surface area (Å²) >= 11 is 0. The number of ether oxygens (including phenoxy) is 4. The molecular weight excluding hydrogens is 604 g/mol. The molecule has 16 N–H and O–H groups in total. The molecule has 3 fully saturated rings. The number of carbonyl (C=O) groups is 1. The van der Waals surface area contributed by atoms with Crippen LogP contribution in [0.5, 0.6) is 0 Å². The number of carbonyl (C=O) groups excluding carboxylic acids is 1. The van der Waals surface area contributed by atoms with Crippen molar-refractivity contribution < 1.29 is 73.4 Å². The molecule has 3 aliphatic rings. The smallest absolute Gasteiger partial charge is 0.268 e. The number of nitrogens with two attached hydrogens (primary N) is 3. The van der Waals surface area contributed by atoms with Crippen LogP contribution in [0.2, 0.25) is 0 Å². The molecule has 18 nitrogen and oxygen atoms in total. The second kappa shape index (κ2) is 16.0. The number of aliphatic hydroxyl groups excluding tert-OH is 8. The fourth-order valence-electron chi connectivity index (χ4n) is 5.36. The van der Waals surface area contributed by atoms with Gasteiger partial charge in [0.2, 0.25) is 5.91 Å². The number of halogens is 2. The highest BCUT2D eigenvalue weighted by Gasteiger charge is 2.52. The van der Waals surface area contributed by atoms with Gasteiger partial charge in [0.15, 0.2) is 12.6 Å². The van der Waals surface area contributed by atoms with Crippen molar-refractivity contribution in [2.75, 3.05) is 32.8 Å². The molecule has 0 unspecified atom stereocenters. The molecule has 2 saturated heterocycles. The Morgan fingerprint density at radius 1 is 0.864 bits per heavy atom. The highest BCUT2D eigenvalue weighted by Crippen LogP contribution is 2.32. The summed E-state index contributed by atoms with van der Waals surface area (Å²) in [6.45, 7) is -2.04. The topological polar surface area (TPSA) is 318 Å². The van der Waals surface area contributed by atoms with E-state index in [4.69, 9.17) is 41.3 Å². The maximum Gasteiger partial charge on any atom is 0.268 e. The maximum absolute atomic E-state index is 13.8. The highest BCUT2D eigenvalue weighted by molar-refractivity contribution is 5.77. The van der Waals surface area contributed by atoms with Gasteiger partial charge < -0.3 is 87.6 Å². The van der Waals surface area contributed by atoms with E-state index in [0.717, 1.165) is 0 Å². The van der Waals surface area contributed by atoms with Crippen LogP contribution in [-0.2, 0) is 23.7 Å². The molecule has 44 heavy (non-hydrogen) atoms. The Morgan fingerprint density at radius 3 is 2.09 bits per heavy atom. The summed E-state index contributed by atoms with van der Waals surface area (Å²) in [4.78, 5) is 12.5. The predicted molar refractivity (Wildman–Crippen MR) is 141 cm³/mol. The largest absolute Gasteiger partial charge is 0.395 e. The van der Waals surface area contributed by atoms with Crippen LogP contribution in [0.25, 0.3) is 0 Å². The molecule has 3 rings (SSSR count). The van der Waals surface area contributed by atoms with Crippen molar-refractivity contribution in [3.8, 4) is 0 Å². The van der Waals surface area contributed by atoms with Crippen LogP contribution in [0, 0.1) is 0 Å². The minimum Gasteiger partial charge on any atom is -0.395 e. The Bertz CT molecular complexity index is 917. The quantitative estimate of drug-likeness (QED) is 0.0824. The zero-order chi connectivity index (χ0) is 32.9. The normalized spacial score (nSPS) is 43.5. The lowest BCUT2D eigenvalue weighted by atomic mass is 9.83. The number of aliphatic hydroxyl groups is 8. The predicted octanol–water partition coefficient (Wildman–Crippen LogP) is -7.53. The van der Waals surface area contributed by atoms with Gasteiger partial charge in [-0.2, -0.15) is 0 Å². The molecule has 0 radical (unpaired) electrons. The fraction of sp³-hybridized carbons (Fsp3) is 0.958. The maximum atomic E-state index is 13.8. The molecule has 258 valence electrons. The molecule has 0 spiro atoms. The number of hydrogen-bond donors (Lipinski definition) is 13. The summed E-state index contributed by atoms with van der Waals surface area (Å²) in [6.07, 6.45) is -20.8. The Labute approximate surface area is 251 Å². The Hall–Kier alpha value is -1.31. The second-order valence-corrected chi connectivity index (χ2v) is 11.2. The first kappa shape index (κ1) is 37.2. The molecule has 0 aromatic heterocycles. The summed E-state index contributed by atoms with van der Waals surface area (Å²) in [5.41, 5.74) is 17.1. The SMILES string of the molecule is NCC(F)(F)CC(=O)N[C@@H]1C[C@H](N)[C@@H](O[C@H]2O[C@H](CNCCO)[C@@H](O)[C@H](O)[C@H]2O)[C@H](O)[C@H]1O[C@H]1O[C@H](CO)[C@@H](O)[C@H](N)[C@H]1O. The van der Waals surface area contributed by atoms with Crippen molar-refractivity contribution in [1.29, 1.82) is 0 Å². The van der Waals surface area contributed by atoms with Crippen LogP contribution in [0.15, 0.2) is 0 Å². The van der Waals surface area contributed by atoms with Crippen LogP contribution < -0.4 is 27.8 Å². The Balaban J connectivity index is 1.84. The van der Waals surface area contributed by atoms with Gasteiger partial charge in [0, 0.05) is 19.1 Å². The number of amides is 1. The molecule has 1 amide bonds. The third-order valence-corrected chi connectivity index (χ3v) is 7.90. The van der Waals surface area contributed by atoms with Gasteiger partial charge in [-0.05, 0) is 6.42 Å². The summed E-state index contributed by atoms with van der Waals surface area (Å²) in [6, 6.07) is -3.86. The van der Waals surface area contributed by atoms with Gasteiger partial charge >= 0.3 is 0 Å². The average molecular weight is 650 g/mol. The first-order valence-corrected chi connectivity index (χ1v) is 14.2. The molecule has 0 aromatic rings. The van der Waals surface area contributed by atoms with Crippen LogP contribution in [-0.4, -0.2) is 177 Å². The van der Waals surface area contributed by atoms with E-state index in [1.54, 1.807) is 0 Å². The second-order valence-electron chi connectivity index (χ2n) is 11.2. The number of hydrogen-bond acceptors (Lipinski definition) is 17. The minimum atomic E-state index is -3.55. The van der Waals surface area contributed by atoms with Crippen molar-refractivity contribution in [2.45, 2.75) is 111 Å². The molecule has 1 aliphatic carbocycles. The highest BCUT2D eigenvalue weighted by atomic mass is 19.3. The van der Waals surface area contributed by atoms with E-state index in [2.05, 4.69) is 10.6 Å². The van der Waals surface area contributed by atoms with Gasteiger partial charge in [-0.3, -0.25) is 4.79 Å². The molecule has 15 atom stereocenters. The zero-order valence-corrected chi connectivity index (χ0v) is 23.7. The van der Waals surface area contributed by atoms with E-state index >= 15 is 0 Å². The van der Waals surface area contributed by atoms with Crippen molar-refractivity contribution in [3.63, 3.8) is 0 Å². The van der Waals surface area contributed by atoms with Crippen molar-refractivity contribution >= 4 is 5.91 Å². The summed E-state index contributed by atoms with van der Waals surface area (Å²) in [5, 5.41) is 87.0. The fourth-order valence-corrected chi connectivity index (χ4v) is 5.36. The number of rotatable bonds is 13. The molecule has 2 heterocycles. The first-order valence-electron chi connectivity index (χ1n) is 14.2. The standard InChI is InChI=1S/C24H45F2N5O13/c25-24(26,7-27)4-12(34)31-9-3-8(28)20(43-23-18(39)17(38)15(36)10(41-23)5-30-1-2-32)19(40)21(9)44-22-16(37)13(29)14(35)11(6-33)42-22/h8-11,13-23,30,32-33,35-40H,1-7,27-29H2,(H,31,34)/t8-,9+,10+,11+,13-,14+,15+,16+,17-,18+,19-,20+,21-,22+,23+/m0/s1. The van der Waals surface area contributed by atoms with E-state index in [1.807, 2.05) is 0 Å². The van der Waals surface area contributed by atoms with E-state index in [1.165, 1.54) is 0 Å². The van der Waals surface area contributed by atoms with Crippen LogP contribution in [0.1, 0.15) is 12.8 Å². The lowest BCUT2D eigenvalue weighted by Crippen LogP contribution is -2.69. The third kappa shape index (κ3) is 8.73. The first-order chi connectivity index (χ1) is 20.6. The molecule has 2 aliphatic heterocycles. The number of alkyl halides is 2. The lowest BCUT2D eigenvalue weighted by Gasteiger charge is -2.49. The minimum absolute atomic E-state index is 0.0764. The van der Waals surface area contributed by atoms with E-state index in [0.29, 0.717) is 0 Å². The van der Waals surface area contributed by atoms with Crippen LogP contribution in [0.3, 0.4) is 0 Å². The summed E-state index contributed by atoms with van der Waals surface area (Å²) in [7, 11) is 0. The molecule has 0 aromatic carbocycles. The van der Waals surface area contributed by atoms with Crippen molar-refractivity contribution in [2.24, 2.45) is 17.2 Å². The lowest BCUT2D eigenvalue weighted by molar-refractivity contribution is -0.333. The molecule has 1 saturated carbocycles. The van der Waals surface area contributed by atoms with Crippen LogP contribution >= 0.6 is 0 Å². The molecule has 0 bridgehead atoms. The average Bonchev–Trinajstić information content (AvgIpc) is 2.97. The van der Waals surface area contributed by atoms with Gasteiger partial charge in [0.25, 0.3) is 5.92 Å². The summed E-state index contributed by atoms with van der Waals surface area (Å²) in [5.74, 6) is -4.73. The Morgan fingerprint density at radius 2 is 1.48 bits per heavy atom. The summed E-state index contributed by atoms with van der Waals surface area (Å²) < 4.78 is 50.2. The van der Waals surface area contributed by atoms with Gasteiger partial charge in [0.1, 0.15) is 61.0 Å². The van der Waals surface area contributed by atoms with E-state index in [9.17, 15) is 49.3 Å². The van der Waals surface area contributed by atoms with Crippen LogP contribution in [0.4, 0.5) is 8.78 Å².